The molecule has 1 heterocycles. The summed E-state index contributed by atoms with van der Waals surface area (Å²) >= 11 is 0. The number of carbonyl (C=O) groups excluding carboxylic acids is 1. The van der Waals surface area contributed by atoms with Crippen LogP contribution in [-0.4, -0.2) is 33.2 Å². The number of nitrogens with one attached hydrogen (secondary N) is 2. The number of amides is 2. The maximum absolute atomic E-state index is 11.9. The minimum Gasteiger partial charge on any atom is -0.334 e. The second-order valence-corrected chi connectivity index (χ2v) is 4.37. The molecule has 0 bridgehead atoms. The summed E-state index contributed by atoms with van der Waals surface area (Å²) in [4.78, 5) is 17.4. The average Bonchev–Trinajstić information content (AvgIpc) is 2.90. The van der Waals surface area contributed by atoms with E-state index in [0.29, 0.717) is 18.9 Å². The molecule has 0 atom stereocenters. The van der Waals surface area contributed by atoms with Gasteiger partial charge in [-0.25, -0.2) is 9.78 Å². The lowest BCUT2D eigenvalue weighted by atomic mass is 10.1. The molecular formula is C13H17N5O. The maximum Gasteiger partial charge on any atom is 0.317 e. The van der Waals surface area contributed by atoms with Gasteiger partial charge >= 0.3 is 6.03 Å². The number of benzene rings is 1. The summed E-state index contributed by atoms with van der Waals surface area (Å²) in [5.74, 6) is 0.661. The van der Waals surface area contributed by atoms with Gasteiger partial charge in [0.15, 0.2) is 0 Å². The van der Waals surface area contributed by atoms with Crippen molar-refractivity contribution in [2.45, 2.75) is 20.0 Å². The third-order valence-electron chi connectivity index (χ3n) is 2.89. The Kier molecular flexibility index (Phi) is 4.12. The second kappa shape index (κ2) is 5.99. The van der Waals surface area contributed by atoms with Crippen LogP contribution in [0.3, 0.4) is 0 Å². The largest absolute Gasteiger partial charge is 0.334 e. The van der Waals surface area contributed by atoms with Gasteiger partial charge in [0.2, 0.25) is 0 Å². The number of hydrogen-bond acceptors (Lipinski definition) is 3. The van der Waals surface area contributed by atoms with Crippen molar-refractivity contribution in [2.75, 3.05) is 7.05 Å². The van der Waals surface area contributed by atoms with Gasteiger partial charge in [0, 0.05) is 13.6 Å². The fourth-order valence-corrected chi connectivity index (χ4v) is 1.72. The normalized spacial score (nSPS) is 10.2. The van der Waals surface area contributed by atoms with Crippen LogP contribution in [0.25, 0.3) is 0 Å². The van der Waals surface area contributed by atoms with Gasteiger partial charge in [0.1, 0.15) is 12.2 Å². The molecule has 100 valence electrons. The Morgan fingerprint density at radius 3 is 2.89 bits per heavy atom. The monoisotopic (exact) mass is 259 g/mol. The molecule has 0 saturated carbocycles. The molecule has 0 saturated heterocycles. The SMILES string of the molecule is Cc1ccccc1CNC(=O)N(C)Cc1ncn[nH]1. The Labute approximate surface area is 111 Å². The van der Waals surface area contributed by atoms with Gasteiger partial charge in [-0.15, -0.1) is 0 Å². The van der Waals surface area contributed by atoms with Crippen molar-refractivity contribution in [3.05, 3.63) is 47.5 Å². The van der Waals surface area contributed by atoms with Gasteiger partial charge in [-0.05, 0) is 18.1 Å². The Morgan fingerprint density at radius 2 is 2.21 bits per heavy atom. The molecule has 6 heteroatoms. The van der Waals surface area contributed by atoms with E-state index in [1.165, 1.54) is 11.9 Å². The van der Waals surface area contributed by atoms with Crippen LogP contribution in [0.1, 0.15) is 17.0 Å². The molecule has 2 amide bonds. The molecule has 1 aromatic heterocycles. The Balaban J connectivity index is 1.86. The zero-order valence-corrected chi connectivity index (χ0v) is 11.1. The van der Waals surface area contributed by atoms with E-state index in [-0.39, 0.29) is 6.03 Å². The van der Waals surface area contributed by atoms with E-state index in [1.54, 1.807) is 11.9 Å². The molecule has 2 aromatic rings. The summed E-state index contributed by atoms with van der Waals surface area (Å²) in [5.41, 5.74) is 2.28. The smallest absolute Gasteiger partial charge is 0.317 e. The third kappa shape index (κ3) is 3.54. The number of carbonyl (C=O) groups is 1. The predicted octanol–water partition coefficient (Wildman–Crippen LogP) is 1.45. The van der Waals surface area contributed by atoms with Crippen molar-refractivity contribution < 1.29 is 4.79 Å². The van der Waals surface area contributed by atoms with E-state index < -0.39 is 0 Å². The van der Waals surface area contributed by atoms with E-state index in [1.807, 2.05) is 31.2 Å². The van der Waals surface area contributed by atoms with Crippen LogP contribution in [0.15, 0.2) is 30.6 Å². The van der Waals surface area contributed by atoms with Crippen LogP contribution in [0.5, 0.6) is 0 Å². The predicted molar refractivity (Wildman–Crippen MR) is 71.3 cm³/mol. The summed E-state index contributed by atoms with van der Waals surface area (Å²) < 4.78 is 0. The Bertz CT molecular complexity index is 538. The zero-order chi connectivity index (χ0) is 13.7. The summed E-state index contributed by atoms with van der Waals surface area (Å²) in [5, 5.41) is 9.35. The van der Waals surface area contributed by atoms with Crippen LogP contribution >= 0.6 is 0 Å². The molecule has 0 fully saturated rings. The van der Waals surface area contributed by atoms with Crippen molar-refractivity contribution in [3.8, 4) is 0 Å². The number of aromatic nitrogens is 3. The number of H-pyrrole nitrogens is 1. The Morgan fingerprint density at radius 1 is 1.42 bits per heavy atom. The van der Waals surface area contributed by atoms with Gasteiger partial charge in [-0.3, -0.25) is 5.10 Å². The van der Waals surface area contributed by atoms with E-state index in [0.717, 1.165) is 5.56 Å². The van der Waals surface area contributed by atoms with Crippen molar-refractivity contribution in [2.24, 2.45) is 0 Å². The van der Waals surface area contributed by atoms with Gasteiger partial charge in [-0.1, -0.05) is 24.3 Å². The lowest BCUT2D eigenvalue weighted by Crippen LogP contribution is -2.36. The number of hydrogen-bond donors (Lipinski definition) is 2. The summed E-state index contributed by atoms with van der Waals surface area (Å²) in [6, 6.07) is 7.84. The van der Waals surface area contributed by atoms with Crippen LogP contribution in [-0.2, 0) is 13.1 Å². The first-order valence-electron chi connectivity index (χ1n) is 6.04. The van der Waals surface area contributed by atoms with Crippen molar-refractivity contribution >= 4 is 6.03 Å². The maximum atomic E-state index is 11.9. The van der Waals surface area contributed by atoms with Gasteiger partial charge in [-0.2, -0.15) is 5.10 Å². The molecule has 2 N–H and O–H groups in total. The molecule has 0 spiro atoms. The quantitative estimate of drug-likeness (QED) is 0.872. The molecule has 6 nitrogen and oxygen atoms in total. The molecule has 2 rings (SSSR count). The van der Waals surface area contributed by atoms with Crippen LogP contribution < -0.4 is 5.32 Å². The van der Waals surface area contributed by atoms with E-state index in [9.17, 15) is 4.79 Å². The van der Waals surface area contributed by atoms with E-state index >= 15 is 0 Å². The highest BCUT2D eigenvalue weighted by Gasteiger charge is 2.10. The summed E-state index contributed by atoms with van der Waals surface area (Å²) in [6.45, 7) is 2.95. The minimum absolute atomic E-state index is 0.139. The van der Waals surface area contributed by atoms with Crippen LogP contribution in [0.4, 0.5) is 4.79 Å². The number of aromatic amines is 1. The van der Waals surface area contributed by atoms with E-state index in [2.05, 4.69) is 20.5 Å². The lowest BCUT2D eigenvalue weighted by molar-refractivity contribution is 0.205. The molecule has 1 aromatic carbocycles. The summed E-state index contributed by atoms with van der Waals surface area (Å²) in [7, 11) is 1.72. The molecule has 0 unspecified atom stereocenters. The first-order chi connectivity index (χ1) is 9.16. The topological polar surface area (TPSA) is 73.9 Å². The lowest BCUT2D eigenvalue weighted by Gasteiger charge is -2.17. The van der Waals surface area contributed by atoms with Gasteiger partial charge in [0.25, 0.3) is 0 Å². The van der Waals surface area contributed by atoms with Crippen molar-refractivity contribution in [3.63, 3.8) is 0 Å². The minimum atomic E-state index is -0.139. The highest BCUT2D eigenvalue weighted by Crippen LogP contribution is 2.06. The number of nitrogens with zero attached hydrogens (tertiary/aromatic N) is 3. The zero-order valence-electron chi connectivity index (χ0n) is 11.1. The first-order valence-corrected chi connectivity index (χ1v) is 6.04. The van der Waals surface area contributed by atoms with Crippen molar-refractivity contribution in [1.29, 1.82) is 0 Å². The van der Waals surface area contributed by atoms with Gasteiger partial charge < -0.3 is 10.2 Å². The van der Waals surface area contributed by atoms with Crippen LogP contribution in [0, 0.1) is 6.92 Å². The molecule has 0 aliphatic carbocycles. The Hall–Kier alpha value is -2.37. The fraction of sp³-hybridized carbons (Fsp3) is 0.308. The summed E-state index contributed by atoms with van der Waals surface area (Å²) in [6.07, 6.45) is 1.43. The number of urea groups is 1. The third-order valence-corrected chi connectivity index (χ3v) is 2.89. The highest BCUT2D eigenvalue weighted by atomic mass is 16.2. The van der Waals surface area contributed by atoms with Crippen LogP contribution in [0.2, 0.25) is 0 Å². The van der Waals surface area contributed by atoms with Crippen molar-refractivity contribution in [1.82, 2.24) is 25.4 Å². The molecular weight excluding hydrogens is 242 g/mol. The second-order valence-electron chi connectivity index (χ2n) is 4.37. The molecule has 0 aliphatic heterocycles. The van der Waals surface area contributed by atoms with E-state index in [4.69, 9.17) is 0 Å². The average molecular weight is 259 g/mol. The number of aryl methyl sites for hydroxylation is 1. The molecule has 0 radical (unpaired) electrons. The number of rotatable bonds is 4. The highest BCUT2D eigenvalue weighted by molar-refractivity contribution is 5.73. The van der Waals surface area contributed by atoms with Gasteiger partial charge in [0.05, 0.1) is 6.54 Å². The first kappa shape index (κ1) is 13.1. The molecule has 19 heavy (non-hydrogen) atoms. The molecule has 0 aliphatic rings. The fourth-order valence-electron chi connectivity index (χ4n) is 1.72. The standard InChI is InChI=1S/C13H17N5O/c1-10-5-3-4-6-11(10)7-14-13(19)18(2)8-12-15-9-16-17-12/h3-6,9H,7-8H2,1-2H3,(H,14,19)(H,15,16,17).